The van der Waals surface area contributed by atoms with Crippen molar-refractivity contribution in [1.29, 1.82) is 5.26 Å². The monoisotopic (exact) mass is 275 g/mol. The van der Waals surface area contributed by atoms with Gasteiger partial charge in [0.2, 0.25) is 5.91 Å². The highest BCUT2D eigenvalue weighted by molar-refractivity contribution is 6.36. The van der Waals surface area contributed by atoms with Crippen LogP contribution in [0.5, 0.6) is 0 Å². The number of carbonyl (C=O) groups is 2. The van der Waals surface area contributed by atoms with Crippen LogP contribution in [0.2, 0.25) is 0 Å². The van der Waals surface area contributed by atoms with Crippen molar-refractivity contribution in [2.45, 2.75) is 19.4 Å². The fourth-order valence-corrected chi connectivity index (χ4v) is 1.81. The van der Waals surface area contributed by atoms with E-state index in [1.54, 1.807) is 6.07 Å². The van der Waals surface area contributed by atoms with E-state index < -0.39 is 11.8 Å². The first-order chi connectivity index (χ1) is 9.51. The molecule has 0 saturated carbocycles. The summed E-state index contributed by atoms with van der Waals surface area (Å²) in [4.78, 5) is 22.5. The molecule has 0 aliphatic carbocycles. The van der Waals surface area contributed by atoms with E-state index in [1.807, 2.05) is 0 Å². The van der Waals surface area contributed by atoms with Crippen molar-refractivity contribution < 1.29 is 19.1 Å². The van der Waals surface area contributed by atoms with Crippen molar-refractivity contribution in [1.82, 2.24) is 5.01 Å². The predicted octanol–water partition coefficient (Wildman–Crippen LogP) is 1.26. The van der Waals surface area contributed by atoms with Crippen LogP contribution in [-0.4, -0.2) is 27.7 Å². The molecule has 1 heterocycles. The number of aliphatic carboxylic acids is 1. The van der Waals surface area contributed by atoms with Crippen LogP contribution in [-0.2, 0) is 16.1 Å². The average molecular weight is 275 g/mol. The Morgan fingerprint density at radius 3 is 2.90 bits per heavy atom. The molecule has 1 N–H and O–H groups in total. The Labute approximate surface area is 113 Å². The van der Waals surface area contributed by atoms with Gasteiger partial charge >= 0.3 is 5.97 Å². The van der Waals surface area contributed by atoms with Gasteiger partial charge in [0.15, 0.2) is 0 Å². The fraction of sp³-hybridized carbons (Fsp3) is 0.231. The van der Waals surface area contributed by atoms with Crippen molar-refractivity contribution in [2.24, 2.45) is 5.10 Å². The van der Waals surface area contributed by atoms with Crippen LogP contribution in [0, 0.1) is 17.1 Å². The molecule has 0 radical (unpaired) electrons. The van der Waals surface area contributed by atoms with Gasteiger partial charge in [-0.05, 0) is 17.7 Å². The predicted molar refractivity (Wildman–Crippen MR) is 66.0 cm³/mol. The number of carboxylic acid groups (broad SMARTS) is 1. The molecule has 1 aliphatic heterocycles. The number of nitrogens with zero attached hydrogens (tertiary/aromatic N) is 3. The molecule has 0 bridgehead atoms. The Morgan fingerprint density at radius 1 is 1.50 bits per heavy atom. The zero-order valence-corrected chi connectivity index (χ0v) is 10.3. The lowest BCUT2D eigenvalue weighted by molar-refractivity contribution is -0.133. The number of hydrogen-bond donors (Lipinski definition) is 1. The molecule has 20 heavy (non-hydrogen) atoms. The molecule has 102 valence electrons. The van der Waals surface area contributed by atoms with Gasteiger partial charge in [-0.1, -0.05) is 6.07 Å². The van der Waals surface area contributed by atoms with Crippen molar-refractivity contribution in [2.75, 3.05) is 0 Å². The number of carboxylic acids is 1. The number of hydrazone groups is 1. The van der Waals surface area contributed by atoms with Gasteiger partial charge in [0.1, 0.15) is 17.6 Å². The third-order valence-electron chi connectivity index (χ3n) is 2.84. The highest BCUT2D eigenvalue weighted by Gasteiger charge is 2.24. The van der Waals surface area contributed by atoms with Gasteiger partial charge in [-0.15, -0.1) is 0 Å². The third kappa shape index (κ3) is 2.80. The van der Waals surface area contributed by atoms with E-state index in [1.165, 1.54) is 12.1 Å². The molecule has 1 aromatic carbocycles. The molecule has 0 aromatic heterocycles. The van der Waals surface area contributed by atoms with E-state index in [9.17, 15) is 14.0 Å². The summed E-state index contributed by atoms with van der Waals surface area (Å²) in [6.07, 6.45) is 0.162. The molecule has 1 aliphatic rings. The Kier molecular flexibility index (Phi) is 3.75. The number of amides is 1. The quantitative estimate of drug-likeness (QED) is 0.898. The van der Waals surface area contributed by atoms with Crippen molar-refractivity contribution in [3.05, 3.63) is 35.1 Å². The molecule has 0 spiro atoms. The summed E-state index contributed by atoms with van der Waals surface area (Å²) in [6, 6.07) is 5.57. The molecule has 0 saturated heterocycles. The Hall–Kier alpha value is -2.75. The molecule has 0 fully saturated rings. The van der Waals surface area contributed by atoms with E-state index in [0.29, 0.717) is 5.56 Å². The van der Waals surface area contributed by atoms with Gasteiger partial charge in [0, 0.05) is 12.8 Å². The minimum Gasteiger partial charge on any atom is -0.477 e. The highest BCUT2D eigenvalue weighted by atomic mass is 19.1. The van der Waals surface area contributed by atoms with Crippen LogP contribution in [0.25, 0.3) is 0 Å². The normalized spacial score (nSPS) is 14.7. The fourth-order valence-electron chi connectivity index (χ4n) is 1.81. The Bertz CT molecular complexity index is 649. The van der Waals surface area contributed by atoms with Crippen molar-refractivity contribution in [3.63, 3.8) is 0 Å². The number of benzene rings is 1. The van der Waals surface area contributed by atoms with Gasteiger partial charge in [-0.25, -0.2) is 14.2 Å². The number of carbonyl (C=O) groups excluding carboxylic acids is 1. The van der Waals surface area contributed by atoms with E-state index in [2.05, 4.69) is 5.10 Å². The summed E-state index contributed by atoms with van der Waals surface area (Å²) in [5, 5.41) is 22.4. The summed E-state index contributed by atoms with van der Waals surface area (Å²) < 4.78 is 13.2. The zero-order chi connectivity index (χ0) is 14.7. The maximum Gasteiger partial charge on any atom is 0.352 e. The molecule has 0 atom stereocenters. The molecule has 1 aromatic rings. The second-order valence-corrected chi connectivity index (χ2v) is 4.23. The third-order valence-corrected chi connectivity index (χ3v) is 2.84. The Balaban J connectivity index is 2.24. The second-order valence-electron chi connectivity index (χ2n) is 4.23. The van der Waals surface area contributed by atoms with Gasteiger partial charge in [0.25, 0.3) is 0 Å². The standard InChI is InChI=1S/C13H10FN3O3/c14-10-2-1-8(5-9(10)6-15)7-17-12(18)4-3-11(16-17)13(19)20/h1-2,5H,3-4,7H2,(H,19,20). The number of hydrogen-bond acceptors (Lipinski definition) is 4. The first-order valence-electron chi connectivity index (χ1n) is 5.81. The number of halogens is 1. The lowest BCUT2D eigenvalue weighted by atomic mass is 10.1. The SMILES string of the molecule is N#Cc1cc(CN2N=C(C(=O)O)CCC2=O)ccc1F. The molecule has 1 amide bonds. The molecule has 6 nitrogen and oxygen atoms in total. The molecular weight excluding hydrogens is 265 g/mol. The van der Waals surface area contributed by atoms with Gasteiger partial charge in [-0.2, -0.15) is 10.4 Å². The van der Waals surface area contributed by atoms with Crippen LogP contribution in [0.4, 0.5) is 4.39 Å². The van der Waals surface area contributed by atoms with E-state index in [-0.39, 0.29) is 36.6 Å². The molecule has 0 unspecified atom stereocenters. The van der Waals surface area contributed by atoms with Crippen LogP contribution >= 0.6 is 0 Å². The molecule has 2 rings (SSSR count). The second kappa shape index (κ2) is 5.48. The molecular formula is C13H10FN3O3. The average Bonchev–Trinajstić information content (AvgIpc) is 2.43. The number of nitriles is 1. The van der Waals surface area contributed by atoms with Crippen LogP contribution in [0.3, 0.4) is 0 Å². The minimum absolute atomic E-state index is 0.00454. The summed E-state index contributed by atoms with van der Waals surface area (Å²) in [5.41, 5.74) is 0.285. The van der Waals surface area contributed by atoms with Crippen molar-refractivity contribution >= 4 is 17.6 Å². The van der Waals surface area contributed by atoms with E-state index in [0.717, 1.165) is 11.1 Å². The summed E-state index contributed by atoms with van der Waals surface area (Å²) in [6.45, 7) is 0.00454. The van der Waals surface area contributed by atoms with Crippen molar-refractivity contribution in [3.8, 4) is 6.07 Å². The van der Waals surface area contributed by atoms with Gasteiger partial charge in [-0.3, -0.25) is 4.79 Å². The summed E-state index contributed by atoms with van der Waals surface area (Å²) in [5.74, 6) is -2.12. The first-order valence-corrected chi connectivity index (χ1v) is 5.81. The highest BCUT2D eigenvalue weighted by Crippen LogP contribution is 2.16. The van der Waals surface area contributed by atoms with Crippen LogP contribution in [0.15, 0.2) is 23.3 Å². The Morgan fingerprint density at radius 2 is 2.25 bits per heavy atom. The topological polar surface area (TPSA) is 93.8 Å². The lowest BCUT2D eigenvalue weighted by Gasteiger charge is -2.22. The summed E-state index contributed by atoms with van der Waals surface area (Å²) >= 11 is 0. The van der Waals surface area contributed by atoms with Crippen LogP contribution in [0.1, 0.15) is 24.0 Å². The van der Waals surface area contributed by atoms with Gasteiger partial charge in [0.05, 0.1) is 12.1 Å². The van der Waals surface area contributed by atoms with Gasteiger partial charge < -0.3 is 5.11 Å². The van der Waals surface area contributed by atoms with Crippen LogP contribution < -0.4 is 0 Å². The maximum absolute atomic E-state index is 13.2. The largest absolute Gasteiger partial charge is 0.477 e. The molecule has 7 heteroatoms. The number of rotatable bonds is 3. The van der Waals surface area contributed by atoms with E-state index in [4.69, 9.17) is 10.4 Å². The lowest BCUT2D eigenvalue weighted by Crippen LogP contribution is -2.33. The first kappa shape index (κ1) is 13.7. The summed E-state index contributed by atoms with van der Waals surface area (Å²) in [7, 11) is 0. The minimum atomic E-state index is -1.17. The smallest absolute Gasteiger partial charge is 0.352 e. The zero-order valence-electron chi connectivity index (χ0n) is 10.3. The maximum atomic E-state index is 13.2. The van der Waals surface area contributed by atoms with E-state index >= 15 is 0 Å².